The maximum absolute atomic E-state index is 12.4. The molecule has 0 bridgehead atoms. The smallest absolute Gasteiger partial charge is 0.231 e. The minimum atomic E-state index is -0.425. The first-order valence-electron chi connectivity index (χ1n) is 5.94. The number of rotatable bonds is 4. The second kappa shape index (κ2) is 6.22. The summed E-state index contributed by atoms with van der Waals surface area (Å²) >= 11 is 0. The van der Waals surface area contributed by atoms with E-state index in [-0.39, 0.29) is 19.0 Å². The molecule has 0 saturated carbocycles. The Labute approximate surface area is 102 Å². The first kappa shape index (κ1) is 13.5. The van der Waals surface area contributed by atoms with Crippen LogP contribution in [-0.4, -0.2) is 37.0 Å². The molecule has 0 aromatic carbocycles. The Kier molecular flexibility index (Phi) is 4.93. The van der Waals surface area contributed by atoms with E-state index in [9.17, 15) is 4.79 Å². The van der Waals surface area contributed by atoms with Gasteiger partial charge in [-0.25, -0.2) is 0 Å². The lowest BCUT2D eigenvalue weighted by Crippen LogP contribution is -2.51. The van der Waals surface area contributed by atoms with Crippen molar-refractivity contribution in [1.82, 2.24) is 10.2 Å². The van der Waals surface area contributed by atoms with Crippen molar-refractivity contribution in [3.05, 3.63) is 0 Å². The van der Waals surface area contributed by atoms with Crippen molar-refractivity contribution in [2.45, 2.75) is 26.2 Å². The van der Waals surface area contributed by atoms with E-state index in [4.69, 9.17) is 10.5 Å². The Balaban J connectivity index is 2.83. The molecule has 0 spiro atoms. The highest BCUT2D eigenvalue weighted by Crippen LogP contribution is 2.32. The highest BCUT2D eigenvalue weighted by Gasteiger charge is 2.40. The molecule has 1 N–H and O–H groups in total. The third-order valence-corrected chi connectivity index (χ3v) is 3.41. The van der Waals surface area contributed by atoms with E-state index in [0.717, 1.165) is 25.8 Å². The molecular weight excluding hydrogens is 216 g/mol. The number of amides is 1. The zero-order valence-corrected chi connectivity index (χ0v) is 10.2. The minimum absolute atomic E-state index is 0.00581. The maximum atomic E-state index is 12.4. The molecule has 0 aromatic rings. The summed E-state index contributed by atoms with van der Waals surface area (Å²) in [6.07, 6.45) is 2.54. The summed E-state index contributed by atoms with van der Waals surface area (Å²) in [6, 6.07) is 3.89. The molecule has 1 saturated heterocycles. The Bertz CT molecular complexity index is 330. The van der Waals surface area contributed by atoms with Gasteiger partial charge in [-0.15, -0.1) is 0 Å². The van der Waals surface area contributed by atoms with Gasteiger partial charge in [-0.1, -0.05) is 6.92 Å². The van der Waals surface area contributed by atoms with Crippen LogP contribution in [0.2, 0.25) is 0 Å². The van der Waals surface area contributed by atoms with Crippen LogP contribution in [0.25, 0.3) is 0 Å². The molecule has 1 rings (SSSR count). The van der Waals surface area contributed by atoms with Gasteiger partial charge in [0, 0.05) is 6.54 Å². The van der Waals surface area contributed by atoms with Crippen molar-refractivity contribution < 1.29 is 4.79 Å². The molecule has 17 heavy (non-hydrogen) atoms. The summed E-state index contributed by atoms with van der Waals surface area (Å²) in [5.74, 6) is -0.0599. The summed E-state index contributed by atoms with van der Waals surface area (Å²) in [4.78, 5) is 13.8. The molecule has 1 unspecified atom stereocenters. The van der Waals surface area contributed by atoms with Crippen molar-refractivity contribution in [2.75, 3.05) is 26.2 Å². The van der Waals surface area contributed by atoms with E-state index >= 15 is 0 Å². The fourth-order valence-electron chi connectivity index (χ4n) is 2.31. The molecule has 1 aliphatic heterocycles. The number of nitrogens with one attached hydrogen (secondary N) is 1. The first-order chi connectivity index (χ1) is 8.20. The van der Waals surface area contributed by atoms with Crippen molar-refractivity contribution in [3.8, 4) is 12.1 Å². The molecule has 1 heterocycles. The molecule has 5 nitrogen and oxygen atoms in total. The number of hydrogen-bond acceptors (Lipinski definition) is 4. The topological polar surface area (TPSA) is 79.9 Å². The van der Waals surface area contributed by atoms with Gasteiger partial charge in [0.1, 0.15) is 13.1 Å². The van der Waals surface area contributed by atoms with Crippen molar-refractivity contribution in [1.29, 1.82) is 10.5 Å². The summed E-state index contributed by atoms with van der Waals surface area (Å²) in [6.45, 7) is 3.56. The van der Waals surface area contributed by atoms with E-state index in [2.05, 4.69) is 5.32 Å². The average Bonchev–Trinajstić information content (AvgIpc) is 2.38. The number of carbonyl (C=O) groups excluding carboxylic acids is 1. The third-order valence-electron chi connectivity index (χ3n) is 3.41. The highest BCUT2D eigenvalue weighted by atomic mass is 16.2. The second-order valence-corrected chi connectivity index (χ2v) is 4.39. The molecule has 1 aliphatic rings. The highest BCUT2D eigenvalue weighted by molar-refractivity contribution is 5.83. The van der Waals surface area contributed by atoms with Crippen LogP contribution in [0.4, 0.5) is 0 Å². The second-order valence-electron chi connectivity index (χ2n) is 4.39. The Hall–Kier alpha value is -1.59. The predicted molar refractivity (Wildman–Crippen MR) is 62.6 cm³/mol. The standard InChI is InChI=1S/C12H18N4O/c1-2-12(4-3-7-15-10-12)11(17)16(8-5-13)9-6-14/h15H,2-4,7-10H2,1H3. The number of nitriles is 2. The SMILES string of the molecule is CCC1(C(=O)N(CC#N)CC#N)CCCNC1. The molecule has 0 radical (unpaired) electrons. The van der Waals surface area contributed by atoms with Gasteiger partial charge in [-0.2, -0.15) is 10.5 Å². The fourth-order valence-corrected chi connectivity index (χ4v) is 2.31. The molecular formula is C12H18N4O. The quantitative estimate of drug-likeness (QED) is 0.724. The number of hydrogen-bond donors (Lipinski definition) is 1. The van der Waals surface area contributed by atoms with Gasteiger partial charge in [0.15, 0.2) is 0 Å². The molecule has 0 aromatic heterocycles. The average molecular weight is 234 g/mol. The van der Waals surface area contributed by atoms with Gasteiger partial charge < -0.3 is 10.2 Å². The molecule has 1 amide bonds. The van der Waals surface area contributed by atoms with Crippen LogP contribution in [0.1, 0.15) is 26.2 Å². The normalized spacial score (nSPS) is 23.5. The van der Waals surface area contributed by atoms with Crippen LogP contribution in [0.3, 0.4) is 0 Å². The summed E-state index contributed by atoms with van der Waals surface area (Å²) in [5.41, 5.74) is -0.425. The van der Waals surface area contributed by atoms with Gasteiger partial charge in [-0.3, -0.25) is 4.79 Å². The van der Waals surface area contributed by atoms with Crippen LogP contribution >= 0.6 is 0 Å². The van der Waals surface area contributed by atoms with E-state index in [1.165, 1.54) is 4.90 Å². The van der Waals surface area contributed by atoms with Crippen LogP contribution in [0.15, 0.2) is 0 Å². The number of piperidine rings is 1. The molecule has 92 valence electrons. The first-order valence-corrected chi connectivity index (χ1v) is 5.94. The van der Waals surface area contributed by atoms with Gasteiger partial charge in [0.2, 0.25) is 5.91 Å². The zero-order valence-electron chi connectivity index (χ0n) is 10.2. The van der Waals surface area contributed by atoms with Crippen molar-refractivity contribution in [2.24, 2.45) is 5.41 Å². The van der Waals surface area contributed by atoms with Gasteiger partial charge in [-0.05, 0) is 25.8 Å². The van der Waals surface area contributed by atoms with E-state index in [1.807, 2.05) is 19.1 Å². The van der Waals surface area contributed by atoms with Crippen LogP contribution in [0.5, 0.6) is 0 Å². The largest absolute Gasteiger partial charge is 0.316 e. The van der Waals surface area contributed by atoms with Gasteiger partial charge in [0.05, 0.1) is 17.6 Å². The lowest BCUT2D eigenvalue weighted by molar-refractivity contribution is -0.142. The summed E-state index contributed by atoms with van der Waals surface area (Å²) in [5, 5.41) is 20.6. The van der Waals surface area contributed by atoms with Crippen molar-refractivity contribution in [3.63, 3.8) is 0 Å². The minimum Gasteiger partial charge on any atom is -0.316 e. The van der Waals surface area contributed by atoms with Gasteiger partial charge in [0.25, 0.3) is 0 Å². The summed E-state index contributed by atoms with van der Waals surface area (Å²) in [7, 11) is 0. The molecule has 1 atom stereocenters. The lowest BCUT2D eigenvalue weighted by Gasteiger charge is -2.38. The monoisotopic (exact) mass is 234 g/mol. The number of nitrogens with zero attached hydrogens (tertiary/aromatic N) is 3. The zero-order chi connectivity index (χ0) is 12.7. The lowest BCUT2D eigenvalue weighted by atomic mass is 9.77. The molecule has 0 aliphatic carbocycles. The fraction of sp³-hybridized carbons (Fsp3) is 0.750. The third kappa shape index (κ3) is 2.95. The van der Waals surface area contributed by atoms with Crippen LogP contribution in [0, 0.1) is 28.1 Å². The van der Waals surface area contributed by atoms with E-state index in [1.54, 1.807) is 0 Å². The Morgan fingerprint density at radius 2 is 2.06 bits per heavy atom. The van der Waals surface area contributed by atoms with Gasteiger partial charge >= 0.3 is 0 Å². The Morgan fingerprint density at radius 1 is 1.41 bits per heavy atom. The molecule has 5 heteroatoms. The predicted octanol–water partition coefficient (Wildman–Crippen LogP) is 0.642. The maximum Gasteiger partial charge on any atom is 0.231 e. The Morgan fingerprint density at radius 3 is 2.47 bits per heavy atom. The van der Waals surface area contributed by atoms with Crippen molar-refractivity contribution >= 4 is 5.91 Å². The molecule has 1 fully saturated rings. The van der Waals surface area contributed by atoms with Crippen LogP contribution in [-0.2, 0) is 4.79 Å². The summed E-state index contributed by atoms with van der Waals surface area (Å²) < 4.78 is 0. The number of carbonyl (C=O) groups is 1. The van der Waals surface area contributed by atoms with E-state index in [0.29, 0.717) is 6.54 Å². The van der Waals surface area contributed by atoms with E-state index < -0.39 is 5.41 Å². The van der Waals surface area contributed by atoms with Crippen LogP contribution < -0.4 is 5.32 Å².